The zero-order valence-corrected chi connectivity index (χ0v) is 10.8. The average Bonchev–Trinajstić information content (AvgIpc) is 2.48. The van der Waals surface area contributed by atoms with Crippen LogP contribution < -0.4 is 0 Å². The molecule has 17 heavy (non-hydrogen) atoms. The first kappa shape index (κ1) is 13.7. The number of methoxy groups -OCH3 is 2. The van der Waals surface area contributed by atoms with Gasteiger partial charge in [0.15, 0.2) is 9.84 Å². The van der Waals surface area contributed by atoms with Gasteiger partial charge in [-0.2, -0.15) is 0 Å². The van der Waals surface area contributed by atoms with E-state index in [1.165, 1.54) is 13.8 Å². The minimum atomic E-state index is -3.59. The summed E-state index contributed by atoms with van der Waals surface area (Å²) >= 11 is 0. The Morgan fingerprint density at radius 2 is 1.24 bits per heavy atom. The van der Waals surface area contributed by atoms with Crippen molar-refractivity contribution < 1.29 is 27.5 Å². The minimum Gasteiger partial charge on any atom is -0.466 e. The molecule has 0 saturated carbocycles. The molecule has 2 atom stereocenters. The molecule has 0 saturated heterocycles. The number of ether oxygens (including phenoxy) is 2. The van der Waals surface area contributed by atoms with Gasteiger partial charge in [-0.25, -0.2) is 18.0 Å². The topological polar surface area (TPSA) is 86.7 Å². The van der Waals surface area contributed by atoms with E-state index < -0.39 is 32.3 Å². The fraction of sp³-hybridized carbons (Fsp3) is 0.600. The van der Waals surface area contributed by atoms with Crippen molar-refractivity contribution in [2.75, 3.05) is 14.2 Å². The summed E-state index contributed by atoms with van der Waals surface area (Å²) in [6.07, 6.45) is 0. The van der Waals surface area contributed by atoms with E-state index in [4.69, 9.17) is 0 Å². The maximum Gasteiger partial charge on any atom is 0.335 e. The van der Waals surface area contributed by atoms with Crippen molar-refractivity contribution >= 4 is 21.8 Å². The number of hydrogen-bond acceptors (Lipinski definition) is 6. The Kier molecular flexibility index (Phi) is 3.61. The molecule has 0 aliphatic carbocycles. The second-order valence-corrected chi connectivity index (χ2v) is 6.28. The van der Waals surface area contributed by atoms with Gasteiger partial charge in [0.05, 0.1) is 35.9 Å². The molecule has 0 aromatic rings. The van der Waals surface area contributed by atoms with Crippen LogP contribution in [0.3, 0.4) is 0 Å². The molecule has 0 aromatic heterocycles. The minimum absolute atomic E-state index is 0.133. The Morgan fingerprint density at radius 1 is 0.941 bits per heavy atom. The number of hydrogen-bond donors (Lipinski definition) is 0. The first-order valence-corrected chi connectivity index (χ1v) is 6.53. The molecule has 0 amide bonds. The Labute approximate surface area is 99.5 Å². The van der Waals surface area contributed by atoms with E-state index in [1.54, 1.807) is 0 Å². The molecule has 0 bridgehead atoms. The molecule has 0 N–H and O–H groups in total. The highest BCUT2D eigenvalue weighted by molar-refractivity contribution is 7.93. The fourth-order valence-corrected chi connectivity index (χ4v) is 3.56. The van der Waals surface area contributed by atoms with Gasteiger partial charge in [-0.3, -0.25) is 0 Å². The summed E-state index contributed by atoms with van der Waals surface area (Å²) in [4.78, 5) is 23.1. The van der Waals surface area contributed by atoms with Crippen molar-refractivity contribution in [1.29, 1.82) is 0 Å². The Bertz CT molecular complexity index is 449. The van der Waals surface area contributed by atoms with Gasteiger partial charge >= 0.3 is 11.9 Å². The zero-order chi connectivity index (χ0) is 13.4. The summed E-state index contributed by atoms with van der Waals surface area (Å²) in [7, 11) is -1.32. The lowest BCUT2D eigenvalue weighted by molar-refractivity contribution is -0.139. The fourth-order valence-electron chi connectivity index (χ4n) is 1.84. The predicted octanol–water partition coefficient (Wildman–Crippen LogP) is -0.166. The Morgan fingerprint density at radius 3 is 1.47 bits per heavy atom. The summed E-state index contributed by atoms with van der Waals surface area (Å²) in [5.41, 5.74) is -0.265. The molecule has 1 rings (SSSR count). The number of rotatable bonds is 2. The van der Waals surface area contributed by atoms with Crippen molar-refractivity contribution in [3.05, 3.63) is 11.1 Å². The third-order valence-corrected chi connectivity index (χ3v) is 5.34. The number of esters is 2. The molecule has 96 valence electrons. The van der Waals surface area contributed by atoms with Crippen molar-refractivity contribution in [2.45, 2.75) is 24.3 Å². The van der Waals surface area contributed by atoms with Gasteiger partial charge in [-0.05, 0) is 13.8 Å². The lowest BCUT2D eigenvalue weighted by atomic mass is 10.0. The van der Waals surface area contributed by atoms with Crippen LogP contribution in [0.4, 0.5) is 0 Å². The largest absolute Gasteiger partial charge is 0.466 e. The summed E-state index contributed by atoms with van der Waals surface area (Å²) in [5, 5.41) is -2.11. The van der Waals surface area contributed by atoms with E-state index in [9.17, 15) is 18.0 Å². The summed E-state index contributed by atoms with van der Waals surface area (Å²) in [6.45, 7) is 2.71. The second kappa shape index (κ2) is 4.48. The van der Waals surface area contributed by atoms with Crippen LogP contribution in [-0.2, 0) is 28.9 Å². The lowest BCUT2D eigenvalue weighted by Gasteiger charge is -2.07. The summed E-state index contributed by atoms with van der Waals surface area (Å²) in [5.74, 6) is -1.63. The van der Waals surface area contributed by atoms with Crippen LogP contribution in [0, 0.1) is 0 Å². The summed E-state index contributed by atoms with van der Waals surface area (Å²) in [6, 6.07) is 0. The summed E-state index contributed by atoms with van der Waals surface area (Å²) < 4.78 is 32.8. The van der Waals surface area contributed by atoms with Gasteiger partial charge in [0.2, 0.25) is 0 Å². The maximum atomic E-state index is 11.9. The molecule has 6 nitrogen and oxygen atoms in total. The molecular formula is C10H14O6S. The van der Waals surface area contributed by atoms with Gasteiger partial charge in [0, 0.05) is 0 Å². The van der Waals surface area contributed by atoms with Crippen LogP contribution in [-0.4, -0.2) is 45.1 Å². The highest BCUT2D eigenvalue weighted by atomic mass is 32.2. The van der Waals surface area contributed by atoms with Crippen LogP contribution in [0.2, 0.25) is 0 Å². The molecule has 7 heteroatoms. The highest BCUT2D eigenvalue weighted by Crippen LogP contribution is 2.34. The SMILES string of the molecule is COC(=O)C1=C(C(=O)OC)[C@H](C)S(=O)(=O)[C@@H]1C. The first-order valence-electron chi connectivity index (χ1n) is 4.92. The third kappa shape index (κ3) is 1.95. The molecule has 0 aromatic carbocycles. The Hall–Kier alpha value is -1.37. The number of carbonyl (C=O) groups excluding carboxylic acids is 2. The van der Waals surface area contributed by atoms with Crippen molar-refractivity contribution in [3.63, 3.8) is 0 Å². The monoisotopic (exact) mass is 262 g/mol. The average molecular weight is 262 g/mol. The van der Waals surface area contributed by atoms with E-state index >= 15 is 0 Å². The zero-order valence-electron chi connectivity index (χ0n) is 10.0. The van der Waals surface area contributed by atoms with Gasteiger partial charge < -0.3 is 9.47 Å². The van der Waals surface area contributed by atoms with E-state index in [0.717, 1.165) is 14.2 Å². The number of carbonyl (C=O) groups is 2. The van der Waals surface area contributed by atoms with E-state index in [1.807, 2.05) is 0 Å². The van der Waals surface area contributed by atoms with Gasteiger partial charge in [-0.15, -0.1) is 0 Å². The lowest BCUT2D eigenvalue weighted by Crippen LogP contribution is -2.24. The molecule has 0 fully saturated rings. The molecule has 0 unspecified atom stereocenters. The van der Waals surface area contributed by atoms with Gasteiger partial charge in [0.1, 0.15) is 0 Å². The standard InChI is InChI=1S/C10H14O6S/c1-5-7(9(11)15-3)8(10(12)16-4)6(2)17(5,13)14/h5-6H,1-4H3/t5-,6+. The van der Waals surface area contributed by atoms with E-state index in [0.29, 0.717) is 0 Å². The first-order chi connectivity index (χ1) is 7.78. The third-order valence-electron chi connectivity index (χ3n) is 2.90. The van der Waals surface area contributed by atoms with Gasteiger partial charge in [-0.1, -0.05) is 0 Å². The maximum absolute atomic E-state index is 11.9. The van der Waals surface area contributed by atoms with Crippen molar-refractivity contribution in [2.24, 2.45) is 0 Å². The van der Waals surface area contributed by atoms with Gasteiger partial charge in [0.25, 0.3) is 0 Å². The smallest absolute Gasteiger partial charge is 0.335 e. The van der Waals surface area contributed by atoms with Crippen LogP contribution in [0.1, 0.15) is 13.8 Å². The molecule has 0 spiro atoms. The second-order valence-electron chi connectivity index (χ2n) is 3.68. The quantitative estimate of drug-likeness (QED) is 0.642. The Balaban J connectivity index is 3.46. The normalized spacial score (nSPS) is 26.8. The van der Waals surface area contributed by atoms with E-state index in [-0.39, 0.29) is 11.1 Å². The van der Waals surface area contributed by atoms with Crippen LogP contribution >= 0.6 is 0 Å². The molecule has 1 aliphatic rings. The number of sulfone groups is 1. The van der Waals surface area contributed by atoms with Crippen LogP contribution in [0.15, 0.2) is 11.1 Å². The molecule has 0 radical (unpaired) electrons. The van der Waals surface area contributed by atoms with E-state index in [2.05, 4.69) is 9.47 Å². The highest BCUT2D eigenvalue weighted by Gasteiger charge is 2.48. The molecule has 1 aliphatic heterocycles. The van der Waals surface area contributed by atoms with Crippen molar-refractivity contribution in [3.8, 4) is 0 Å². The molecular weight excluding hydrogens is 248 g/mol. The predicted molar refractivity (Wildman–Crippen MR) is 58.9 cm³/mol. The molecule has 1 heterocycles. The van der Waals surface area contributed by atoms with Crippen LogP contribution in [0.5, 0.6) is 0 Å². The van der Waals surface area contributed by atoms with Crippen LogP contribution in [0.25, 0.3) is 0 Å². The van der Waals surface area contributed by atoms with Crippen molar-refractivity contribution in [1.82, 2.24) is 0 Å².